The highest BCUT2D eigenvalue weighted by Gasteiger charge is 2.70. The molecule has 3 fully saturated rings. The maximum absolute atomic E-state index is 12.6. The van der Waals surface area contributed by atoms with Gasteiger partial charge < -0.3 is 0 Å². The quantitative estimate of drug-likeness (QED) is 0.690. The Labute approximate surface area is 116 Å². The van der Waals surface area contributed by atoms with E-state index >= 15 is 0 Å². The van der Waals surface area contributed by atoms with E-state index < -0.39 is 14.6 Å². The maximum atomic E-state index is 12.6. The molecule has 2 aliphatic carbocycles. The first kappa shape index (κ1) is 12.4. The maximum Gasteiger partial charge on any atom is 0.159 e. The second kappa shape index (κ2) is 3.64. The molecule has 0 N–H and O–H groups in total. The van der Waals surface area contributed by atoms with E-state index in [0.717, 1.165) is 12.8 Å². The molecule has 2 saturated heterocycles. The second-order valence-corrected chi connectivity index (χ2v) is 9.49. The topological polar surface area (TPSA) is 37.4 Å². The zero-order chi connectivity index (χ0) is 13.4. The largest absolute Gasteiger partial charge is 0.292 e. The van der Waals surface area contributed by atoms with Gasteiger partial charge >= 0.3 is 0 Å². The van der Waals surface area contributed by atoms with Crippen LogP contribution < -0.4 is 0 Å². The van der Waals surface area contributed by atoms with Gasteiger partial charge in [-0.3, -0.25) is 4.90 Å². The van der Waals surface area contributed by atoms with Crippen LogP contribution in [0.25, 0.3) is 0 Å². The summed E-state index contributed by atoms with van der Waals surface area (Å²) in [6.07, 6.45) is 8.85. The smallest absolute Gasteiger partial charge is 0.159 e. The van der Waals surface area contributed by atoms with Crippen LogP contribution in [0, 0.1) is 11.8 Å². The molecule has 4 heteroatoms. The molecule has 4 aliphatic rings. The van der Waals surface area contributed by atoms with Crippen LogP contribution in [0.15, 0.2) is 12.2 Å². The molecule has 4 rings (SSSR count). The number of likely N-dealkylation sites (tertiary alicyclic amines) is 1. The van der Waals surface area contributed by atoms with Gasteiger partial charge in [-0.1, -0.05) is 12.2 Å². The summed E-state index contributed by atoms with van der Waals surface area (Å²) in [5.41, 5.74) is 0. The van der Waals surface area contributed by atoms with E-state index in [9.17, 15) is 8.42 Å². The normalized spacial score (nSPS) is 54.9. The minimum Gasteiger partial charge on any atom is -0.292 e. The van der Waals surface area contributed by atoms with Crippen molar-refractivity contribution in [3.63, 3.8) is 0 Å². The molecule has 0 aromatic carbocycles. The Bertz CT molecular complexity index is 530. The predicted octanol–water partition coefficient (Wildman–Crippen LogP) is 1.99. The lowest BCUT2D eigenvalue weighted by atomic mass is 9.83. The molecule has 0 aromatic heterocycles. The first-order valence-corrected chi connectivity index (χ1v) is 9.29. The molecule has 0 amide bonds. The Kier molecular flexibility index (Phi) is 2.38. The van der Waals surface area contributed by atoms with E-state index in [1.54, 1.807) is 0 Å². The molecule has 0 radical (unpaired) electrons. The highest BCUT2D eigenvalue weighted by molar-refractivity contribution is 7.94. The molecule has 2 aliphatic heterocycles. The van der Waals surface area contributed by atoms with Gasteiger partial charge in [0.15, 0.2) is 9.84 Å². The van der Waals surface area contributed by atoms with E-state index in [-0.39, 0.29) is 6.04 Å². The zero-order valence-corrected chi connectivity index (χ0v) is 12.6. The number of sulfone groups is 1. The summed E-state index contributed by atoms with van der Waals surface area (Å²) in [5, 5.41) is 0. The van der Waals surface area contributed by atoms with E-state index in [1.165, 1.54) is 12.8 Å². The molecule has 0 aromatic rings. The van der Waals surface area contributed by atoms with Gasteiger partial charge in [-0.2, -0.15) is 0 Å². The van der Waals surface area contributed by atoms with E-state index in [4.69, 9.17) is 0 Å². The third kappa shape index (κ3) is 1.35. The van der Waals surface area contributed by atoms with Gasteiger partial charge in [0.2, 0.25) is 0 Å². The van der Waals surface area contributed by atoms with Gasteiger partial charge in [-0.05, 0) is 51.4 Å². The molecule has 1 spiro atoms. The summed E-state index contributed by atoms with van der Waals surface area (Å²) in [7, 11) is -2.88. The lowest BCUT2D eigenvalue weighted by Crippen LogP contribution is -2.72. The Morgan fingerprint density at radius 3 is 2.32 bits per heavy atom. The molecule has 1 saturated carbocycles. The average molecular weight is 281 g/mol. The third-order valence-electron chi connectivity index (χ3n) is 6.28. The molecular weight excluding hydrogens is 258 g/mol. The van der Waals surface area contributed by atoms with Crippen molar-refractivity contribution < 1.29 is 8.42 Å². The van der Waals surface area contributed by atoms with Gasteiger partial charge in [0.1, 0.15) is 0 Å². The number of hydrogen-bond donors (Lipinski definition) is 0. The molecule has 3 nitrogen and oxygen atoms in total. The highest BCUT2D eigenvalue weighted by Crippen LogP contribution is 2.59. The van der Waals surface area contributed by atoms with Crippen LogP contribution in [-0.2, 0) is 9.84 Å². The van der Waals surface area contributed by atoms with E-state index in [2.05, 4.69) is 30.9 Å². The number of allylic oxidation sites excluding steroid dienone is 2. The Balaban J connectivity index is 1.73. The van der Waals surface area contributed by atoms with Crippen molar-refractivity contribution in [2.24, 2.45) is 11.8 Å². The van der Waals surface area contributed by atoms with Gasteiger partial charge in [0.25, 0.3) is 0 Å². The summed E-state index contributed by atoms with van der Waals surface area (Å²) >= 11 is 0. The predicted molar refractivity (Wildman–Crippen MR) is 75.7 cm³/mol. The second-order valence-electron chi connectivity index (χ2n) is 7.17. The summed E-state index contributed by atoms with van der Waals surface area (Å²) in [6.45, 7) is 4.54. The minimum absolute atomic E-state index is 0.282. The Morgan fingerprint density at radius 2 is 1.84 bits per heavy atom. The van der Waals surface area contributed by atoms with Crippen molar-refractivity contribution in [3.05, 3.63) is 12.2 Å². The van der Waals surface area contributed by atoms with Crippen LogP contribution in [0.5, 0.6) is 0 Å². The fourth-order valence-electron chi connectivity index (χ4n) is 5.37. The monoisotopic (exact) mass is 281 g/mol. The molecule has 6 atom stereocenters. The van der Waals surface area contributed by atoms with Crippen molar-refractivity contribution in [1.82, 2.24) is 4.90 Å². The number of nitrogens with zero attached hydrogens (tertiary/aromatic N) is 1. The Morgan fingerprint density at radius 1 is 1.16 bits per heavy atom. The fraction of sp³-hybridized carbons (Fsp3) is 0.867. The van der Waals surface area contributed by atoms with Crippen LogP contribution >= 0.6 is 0 Å². The van der Waals surface area contributed by atoms with Crippen molar-refractivity contribution in [1.29, 1.82) is 0 Å². The summed E-state index contributed by atoms with van der Waals surface area (Å²) in [4.78, 5) is 2.54. The minimum atomic E-state index is -2.88. The Hall–Kier alpha value is -0.350. The average Bonchev–Trinajstić information content (AvgIpc) is 3.03. The SMILES string of the molecule is C[C@@H]1CC[C@H](C)N1[C@@H]1CS(=O)(=O)[C@@]12C[C@H]1C=C[C@H]2C1. The van der Waals surface area contributed by atoms with E-state index in [1.807, 2.05) is 0 Å². The number of rotatable bonds is 1. The lowest BCUT2D eigenvalue weighted by Gasteiger charge is -2.55. The molecule has 2 bridgehead atoms. The number of hydrogen-bond acceptors (Lipinski definition) is 3. The standard InChI is InChI=1S/C15H23NO2S/c1-10-3-4-11(2)16(10)14-9-19(17,18)15(14)8-12-5-6-13(15)7-12/h5-6,10-14H,3-4,7-9H2,1-2H3/t10-,11+,12-,13-,14+,15+/m0/s1. The van der Waals surface area contributed by atoms with Crippen LogP contribution in [0.4, 0.5) is 0 Å². The molecule has 0 unspecified atom stereocenters. The summed E-state index contributed by atoms with van der Waals surface area (Å²) in [5.74, 6) is 1.22. The summed E-state index contributed by atoms with van der Waals surface area (Å²) in [6, 6.07) is 1.39. The van der Waals surface area contributed by atoms with Crippen LogP contribution in [0.2, 0.25) is 0 Å². The summed E-state index contributed by atoms with van der Waals surface area (Å²) < 4.78 is 24.7. The van der Waals surface area contributed by atoms with Crippen molar-refractivity contribution in [2.45, 2.75) is 62.4 Å². The van der Waals surface area contributed by atoms with E-state index in [0.29, 0.717) is 29.7 Å². The molecule has 19 heavy (non-hydrogen) atoms. The van der Waals surface area contributed by atoms with Crippen LogP contribution in [0.3, 0.4) is 0 Å². The van der Waals surface area contributed by atoms with Crippen molar-refractivity contribution in [2.75, 3.05) is 5.75 Å². The van der Waals surface area contributed by atoms with Gasteiger partial charge in [-0.15, -0.1) is 0 Å². The molecular formula is C15H23NO2S. The third-order valence-corrected chi connectivity index (χ3v) is 8.94. The van der Waals surface area contributed by atoms with Gasteiger partial charge in [0.05, 0.1) is 10.5 Å². The van der Waals surface area contributed by atoms with Crippen molar-refractivity contribution >= 4 is 9.84 Å². The molecule has 106 valence electrons. The van der Waals surface area contributed by atoms with Gasteiger partial charge in [-0.25, -0.2) is 8.42 Å². The fourth-order valence-corrected chi connectivity index (χ4v) is 7.99. The first-order chi connectivity index (χ1) is 8.96. The zero-order valence-electron chi connectivity index (χ0n) is 11.7. The van der Waals surface area contributed by atoms with Crippen LogP contribution in [-0.4, -0.2) is 41.9 Å². The first-order valence-electron chi connectivity index (χ1n) is 7.64. The lowest BCUT2D eigenvalue weighted by molar-refractivity contribution is 0.0949. The van der Waals surface area contributed by atoms with Crippen LogP contribution in [0.1, 0.15) is 39.5 Å². The van der Waals surface area contributed by atoms with Crippen molar-refractivity contribution in [3.8, 4) is 0 Å². The highest BCUT2D eigenvalue weighted by atomic mass is 32.2. The van der Waals surface area contributed by atoms with Gasteiger partial charge in [0, 0.05) is 18.1 Å². The number of fused-ring (bicyclic) bond motifs is 3. The molecule has 2 heterocycles.